The Balaban J connectivity index is 1.71. The largest absolute Gasteiger partial charge is 0.456 e. The Morgan fingerprint density at radius 1 is 1.33 bits per heavy atom. The summed E-state index contributed by atoms with van der Waals surface area (Å²) >= 11 is 5.61. The van der Waals surface area contributed by atoms with Crippen LogP contribution in [0.3, 0.4) is 0 Å². The average molecular weight is 400 g/mol. The molecule has 0 aromatic heterocycles. The second-order valence-electron chi connectivity index (χ2n) is 6.45. The first-order chi connectivity index (χ1) is 12.6. The summed E-state index contributed by atoms with van der Waals surface area (Å²) in [4.78, 5) is 48.1. The van der Waals surface area contributed by atoms with Crippen molar-refractivity contribution >= 4 is 41.1 Å². The molecule has 0 aliphatic carbocycles. The number of benzene rings is 1. The average Bonchev–Trinajstić information content (AvgIpc) is 2.77. The highest BCUT2D eigenvalue weighted by molar-refractivity contribution is 6.30. The Hall–Kier alpha value is -2.68. The van der Waals surface area contributed by atoms with Gasteiger partial charge in [0.1, 0.15) is 11.4 Å². The zero-order valence-corrected chi connectivity index (χ0v) is 15.6. The molecule has 1 heterocycles. The fraction of sp³-hybridized carbons (Fsp3) is 0.412. The second kappa shape index (κ2) is 8.34. The normalized spacial score (nSPS) is 15.5. The van der Waals surface area contributed by atoms with E-state index in [0.717, 1.165) is 11.0 Å². The molecule has 0 spiro atoms. The lowest BCUT2D eigenvalue weighted by Gasteiger charge is -2.15. The third-order valence-electron chi connectivity index (χ3n) is 3.78. The minimum atomic E-state index is -0.966. The number of urea groups is 1. The van der Waals surface area contributed by atoms with Crippen LogP contribution in [-0.2, 0) is 19.1 Å². The highest BCUT2D eigenvalue weighted by Crippen LogP contribution is 2.19. The molecule has 0 saturated carbocycles. The molecule has 0 atom stereocenters. The lowest BCUT2D eigenvalue weighted by Crippen LogP contribution is -2.40. The summed E-state index contributed by atoms with van der Waals surface area (Å²) in [6, 6.07) is 3.23. The van der Waals surface area contributed by atoms with E-state index in [2.05, 4.69) is 10.6 Å². The number of rotatable bonds is 7. The number of anilines is 1. The highest BCUT2D eigenvalue weighted by atomic mass is 35.5. The Kier molecular flexibility index (Phi) is 6.37. The third kappa shape index (κ3) is 5.40. The Bertz CT molecular complexity index is 784. The van der Waals surface area contributed by atoms with E-state index in [9.17, 15) is 23.6 Å². The first kappa shape index (κ1) is 20.6. The maximum Gasteiger partial charge on any atom is 0.325 e. The Morgan fingerprint density at radius 3 is 2.63 bits per heavy atom. The van der Waals surface area contributed by atoms with Crippen molar-refractivity contribution in [2.75, 3.05) is 18.5 Å². The number of esters is 1. The van der Waals surface area contributed by atoms with Gasteiger partial charge in [-0.1, -0.05) is 11.6 Å². The molecular weight excluding hydrogens is 381 g/mol. The molecule has 0 bridgehead atoms. The van der Waals surface area contributed by atoms with E-state index in [1.807, 2.05) is 0 Å². The van der Waals surface area contributed by atoms with Crippen LogP contribution in [0.2, 0.25) is 5.02 Å². The fourth-order valence-electron chi connectivity index (χ4n) is 2.40. The van der Waals surface area contributed by atoms with Gasteiger partial charge in [-0.2, -0.15) is 0 Å². The molecule has 1 fully saturated rings. The summed E-state index contributed by atoms with van der Waals surface area (Å²) < 4.78 is 18.4. The predicted octanol–water partition coefficient (Wildman–Crippen LogP) is 2.07. The Labute approximate surface area is 160 Å². The van der Waals surface area contributed by atoms with Crippen molar-refractivity contribution in [3.63, 3.8) is 0 Å². The van der Waals surface area contributed by atoms with E-state index in [1.165, 1.54) is 12.1 Å². The van der Waals surface area contributed by atoms with Crippen molar-refractivity contribution in [1.29, 1.82) is 0 Å². The van der Waals surface area contributed by atoms with Gasteiger partial charge in [0.2, 0.25) is 0 Å². The van der Waals surface area contributed by atoms with E-state index in [0.29, 0.717) is 0 Å². The monoisotopic (exact) mass is 399 g/mol. The first-order valence-corrected chi connectivity index (χ1v) is 8.52. The minimum Gasteiger partial charge on any atom is -0.456 e. The standard InChI is InChI=1S/C17H19ClFN3O5/c1-17(2)15(25)22(16(26)21-17)7-3-4-14(24)27-9-13(23)20-12-6-5-10(18)8-11(12)19/h5-6,8H,3-4,7,9H2,1-2H3,(H,20,23)(H,21,26). The number of imide groups is 1. The molecule has 1 aromatic carbocycles. The molecule has 1 aliphatic heterocycles. The smallest absolute Gasteiger partial charge is 0.325 e. The molecule has 2 rings (SSSR count). The van der Waals surface area contributed by atoms with Crippen LogP contribution in [0, 0.1) is 5.82 Å². The van der Waals surface area contributed by atoms with Gasteiger partial charge in [-0.3, -0.25) is 19.3 Å². The molecule has 2 N–H and O–H groups in total. The lowest BCUT2D eigenvalue weighted by atomic mass is 10.1. The Morgan fingerprint density at radius 2 is 2.04 bits per heavy atom. The number of carbonyl (C=O) groups excluding carboxylic acids is 4. The molecule has 0 radical (unpaired) electrons. The first-order valence-electron chi connectivity index (χ1n) is 8.15. The van der Waals surface area contributed by atoms with Crippen LogP contribution < -0.4 is 10.6 Å². The molecular formula is C17H19ClFN3O5. The summed E-state index contributed by atoms with van der Waals surface area (Å²) in [5.41, 5.74) is -1.05. The number of hydrogen-bond donors (Lipinski definition) is 2. The van der Waals surface area contributed by atoms with Gasteiger partial charge >= 0.3 is 12.0 Å². The van der Waals surface area contributed by atoms with Crippen molar-refractivity contribution in [1.82, 2.24) is 10.2 Å². The third-order valence-corrected chi connectivity index (χ3v) is 4.01. The zero-order chi connectivity index (χ0) is 20.2. The molecule has 0 unspecified atom stereocenters. The number of ether oxygens (including phenoxy) is 1. The number of hydrogen-bond acceptors (Lipinski definition) is 5. The van der Waals surface area contributed by atoms with E-state index in [1.54, 1.807) is 13.8 Å². The summed E-state index contributed by atoms with van der Waals surface area (Å²) in [5, 5.41) is 4.98. The molecule has 8 nitrogen and oxygen atoms in total. The second-order valence-corrected chi connectivity index (χ2v) is 6.88. The van der Waals surface area contributed by atoms with Crippen LogP contribution in [0.25, 0.3) is 0 Å². The molecule has 1 aliphatic rings. The van der Waals surface area contributed by atoms with Crippen LogP contribution in [-0.4, -0.2) is 47.4 Å². The molecule has 4 amide bonds. The summed E-state index contributed by atoms with van der Waals surface area (Å²) in [6.07, 6.45) is 0.113. The summed E-state index contributed by atoms with van der Waals surface area (Å²) in [6.45, 7) is 2.65. The van der Waals surface area contributed by atoms with Gasteiger partial charge in [-0.15, -0.1) is 0 Å². The van der Waals surface area contributed by atoms with Gasteiger partial charge in [0.25, 0.3) is 11.8 Å². The van der Waals surface area contributed by atoms with Crippen molar-refractivity contribution in [3.8, 4) is 0 Å². The van der Waals surface area contributed by atoms with E-state index in [4.69, 9.17) is 16.3 Å². The van der Waals surface area contributed by atoms with Crippen LogP contribution in [0.15, 0.2) is 18.2 Å². The number of carbonyl (C=O) groups is 4. The molecule has 27 heavy (non-hydrogen) atoms. The van der Waals surface area contributed by atoms with Crippen molar-refractivity contribution in [3.05, 3.63) is 29.0 Å². The highest BCUT2D eigenvalue weighted by Gasteiger charge is 2.43. The van der Waals surface area contributed by atoms with E-state index < -0.39 is 35.9 Å². The van der Waals surface area contributed by atoms with Crippen LogP contribution >= 0.6 is 11.6 Å². The maximum absolute atomic E-state index is 13.6. The van der Waals surface area contributed by atoms with Crippen molar-refractivity contribution in [2.24, 2.45) is 0 Å². The molecule has 10 heteroatoms. The quantitative estimate of drug-likeness (QED) is 0.539. The lowest BCUT2D eigenvalue weighted by molar-refractivity contribution is -0.147. The predicted molar refractivity (Wildman–Crippen MR) is 94.6 cm³/mol. The van der Waals surface area contributed by atoms with Gasteiger partial charge in [0, 0.05) is 18.0 Å². The fourth-order valence-corrected chi connectivity index (χ4v) is 2.56. The summed E-state index contributed by atoms with van der Waals surface area (Å²) in [5.74, 6) is -2.46. The van der Waals surface area contributed by atoms with Crippen molar-refractivity contribution < 1.29 is 28.3 Å². The van der Waals surface area contributed by atoms with Gasteiger partial charge in [0.15, 0.2) is 6.61 Å². The van der Waals surface area contributed by atoms with Crippen molar-refractivity contribution in [2.45, 2.75) is 32.2 Å². The van der Waals surface area contributed by atoms with E-state index in [-0.39, 0.29) is 36.0 Å². The zero-order valence-electron chi connectivity index (χ0n) is 14.8. The van der Waals surface area contributed by atoms with Gasteiger partial charge in [0.05, 0.1) is 5.69 Å². The maximum atomic E-state index is 13.6. The SMILES string of the molecule is CC1(C)NC(=O)N(CCCC(=O)OCC(=O)Nc2ccc(Cl)cc2F)C1=O. The summed E-state index contributed by atoms with van der Waals surface area (Å²) in [7, 11) is 0. The van der Waals surface area contributed by atoms with Gasteiger partial charge in [-0.25, -0.2) is 9.18 Å². The molecule has 1 aromatic rings. The van der Waals surface area contributed by atoms with Gasteiger partial charge in [-0.05, 0) is 38.5 Å². The van der Waals surface area contributed by atoms with Crippen LogP contribution in [0.1, 0.15) is 26.7 Å². The molecule has 146 valence electrons. The number of nitrogens with one attached hydrogen (secondary N) is 2. The van der Waals surface area contributed by atoms with Crippen LogP contribution in [0.5, 0.6) is 0 Å². The van der Waals surface area contributed by atoms with Crippen LogP contribution in [0.4, 0.5) is 14.9 Å². The number of nitrogens with zero attached hydrogens (tertiary/aromatic N) is 1. The molecule has 1 saturated heterocycles. The number of amides is 4. The van der Waals surface area contributed by atoms with Gasteiger partial charge < -0.3 is 15.4 Å². The topological polar surface area (TPSA) is 105 Å². The van der Waals surface area contributed by atoms with E-state index >= 15 is 0 Å². The number of halogens is 2. The minimum absolute atomic E-state index is 0.0609.